The van der Waals surface area contributed by atoms with Gasteiger partial charge >= 0.3 is 6.03 Å². The Morgan fingerprint density at radius 2 is 2.10 bits per heavy atom. The van der Waals surface area contributed by atoms with E-state index >= 15 is 0 Å². The van der Waals surface area contributed by atoms with E-state index in [4.69, 9.17) is 10.9 Å². The lowest BCUT2D eigenvalue weighted by Gasteiger charge is -2.30. The van der Waals surface area contributed by atoms with E-state index in [0.717, 1.165) is 60.9 Å². The van der Waals surface area contributed by atoms with Gasteiger partial charge in [0, 0.05) is 17.4 Å². The second-order valence-corrected chi connectivity index (χ2v) is 9.78. The molecule has 2 aliphatic carbocycles. The number of halogens is 1. The highest BCUT2D eigenvalue weighted by Gasteiger charge is 2.38. The maximum atomic E-state index is 14.1. The van der Waals surface area contributed by atoms with Crippen LogP contribution in [-0.4, -0.2) is 28.5 Å². The van der Waals surface area contributed by atoms with Gasteiger partial charge in [-0.3, -0.25) is 4.99 Å². The van der Waals surface area contributed by atoms with Crippen molar-refractivity contribution in [1.29, 1.82) is 0 Å². The van der Waals surface area contributed by atoms with Crippen LogP contribution in [0.5, 0.6) is 0 Å². The number of carbonyl (C=O) groups is 1. The molecule has 10 heteroatoms. The summed E-state index contributed by atoms with van der Waals surface area (Å²) in [7, 11) is -3.91. The summed E-state index contributed by atoms with van der Waals surface area (Å²) < 4.78 is 30.1. The minimum Gasteiger partial charge on any atom is -0.387 e. The third-order valence-corrected chi connectivity index (χ3v) is 6.73. The minimum atomic E-state index is -3.91. The monoisotopic (exact) mass is 424 g/mol. The molecule has 0 bridgehead atoms. The number of amides is 2. The van der Waals surface area contributed by atoms with Crippen molar-refractivity contribution in [3.8, 4) is 0 Å². The summed E-state index contributed by atoms with van der Waals surface area (Å²) in [6, 6.07) is -0.888. The molecule has 0 spiro atoms. The van der Waals surface area contributed by atoms with Gasteiger partial charge in [0.2, 0.25) is 0 Å². The van der Waals surface area contributed by atoms with Gasteiger partial charge in [-0.2, -0.15) is 0 Å². The van der Waals surface area contributed by atoms with Crippen molar-refractivity contribution >= 4 is 22.2 Å². The average Bonchev–Trinajstić information content (AvgIpc) is 3.25. The topological polar surface area (TPSA) is 135 Å². The van der Waals surface area contributed by atoms with Crippen LogP contribution >= 0.6 is 0 Å². The Morgan fingerprint density at radius 3 is 2.79 bits per heavy atom. The molecule has 1 fully saturated rings. The highest BCUT2D eigenvalue weighted by Crippen LogP contribution is 2.42. The summed E-state index contributed by atoms with van der Waals surface area (Å²) in [4.78, 5) is 16.4. The predicted octanol–water partition coefficient (Wildman–Crippen LogP) is 2.71. The minimum absolute atomic E-state index is 0.174. The van der Waals surface area contributed by atoms with Gasteiger partial charge in [-0.15, -0.1) is 4.36 Å². The van der Waals surface area contributed by atoms with E-state index in [1.54, 1.807) is 13.8 Å². The number of dihydropyridines is 1. The standard InChI is InChI=1S/C19H29FN6O2S/c1-10(2)23-9-14(20)18(21)29(22,28)26-19(27)25-17-12-5-4-6-15(12)24-16-11(3)7-8-13(16)17/h9-11,16,24H,4-8,21H2,1-3H3,(H3,22,25,26,27,28). The number of fused-ring (bicyclic) bond motifs is 1. The van der Waals surface area contributed by atoms with Crippen molar-refractivity contribution in [1.82, 2.24) is 10.6 Å². The van der Waals surface area contributed by atoms with E-state index in [-0.39, 0.29) is 12.1 Å². The Morgan fingerprint density at radius 1 is 1.38 bits per heavy atom. The molecule has 1 heterocycles. The van der Waals surface area contributed by atoms with Crippen LogP contribution in [0.15, 0.2) is 42.8 Å². The van der Waals surface area contributed by atoms with Crippen molar-refractivity contribution in [2.24, 2.45) is 26.1 Å². The van der Waals surface area contributed by atoms with E-state index in [1.807, 2.05) is 0 Å². The fourth-order valence-electron chi connectivity index (χ4n) is 3.99. The van der Waals surface area contributed by atoms with Crippen molar-refractivity contribution < 1.29 is 13.4 Å². The zero-order valence-corrected chi connectivity index (χ0v) is 17.8. The maximum Gasteiger partial charge on any atom is 0.354 e. The van der Waals surface area contributed by atoms with Gasteiger partial charge in [-0.05, 0) is 63.0 Å². The molecule has 3 aliphatic rings. The van der Waals surface area contributed by atoms with E-state index in [1.165, 1.54) is 0 Å². The molecule has 1 saturated carbocycles. The van der Waals surface area contributed by atoms with Crippen LogP contribution in [0.1, 0.15) is 52.9 Å². The molecule has 3 unspecified atom stereocenters. The molecule has 0 aromatic heterocycles. The highest BCUT2D eigenvalue weighted by molar-refractivity contribution is 7.95. The number of rotatable bonds is 4. The molecule has 0 radical (unpaired) electrons. The number of hydrogen-bond acceptors (Lipinski definition) is 5. The lowest BCUT2D eigenvalue weighted by Crippen LogP contribution is -2.39. The van der Waals surface area contributed by atoms with Gasteiger partial charge in [0.05, 0.1) is 12.3 Å². The van der Waals surface area contributed by atoms with Crippen LogP contribution in [0.3, 0.4) is 0 Å². The quantitative estimate of drug-likeness (QED) is 0.516. The number of urea groups is 1. The van der Waals surface area contributed by atoms with Crippen molar-refractivity contribution in [3.05, 3.63) is 33.4 Å². The summed E-state index contributed by atoms with van der Waals surface area (Å²) in [5, 5.41) is 11.2. The van der Waals surface area contributed by atoms with E-state index in [9.17, 15) is 13.4 Å². The summed E-state index contributed by atoms with van der Waals surface area (Å²) in [5.74, 6) is -0.604. The Balaban J connectivity index is 1.88. The first-order valence-corrected chi connectivity index (χ1v) is 11.4. The number of carbonyl (C=O) groups excluding carboxylic acids is 1. The van der Waals surface area contributed by atoms with Crippen LogP contribution < -0.4 is 21.5 Å². The molecule has 1 aliphatic heterocycles. The molecule has 0 aromatic rings. The lowest BCUT2D eigenvalue weighted by molar-refractivity contribution is 0.251. The first-order valence-electron chi connectivity index (χ1n) is 9.86. The first kappa shape index (κ1) is 21.5. The number of allylic oxidation sites excluding steroid dienone is 3. The molecule has 160 valence electrons. The van der Waals surface area contributed by atoms with Gasteiger partial charge < -0.3 is 16.4 Å². The fraction of sp³-hybridized carbons (Fsp3) is 0.579. The Labute approximate surface area is 171 Å². The fourth-order valence-corrected chi connectivity index (χ4v) is 4.72. The second-order valence-electron chi connectivity index (χ2n) is 8.02. The maximum absolute atomic E-state index is 14.1. The number of nitrogens with zero attached hydrogens (tertiary/aromatic N) is 2. The third-order valence-electron chi connectivity index (χ3n) is 5.47. The smallest absolute Gasteiger partial charge is 0.354 e. The van der Waals surface area contributed by atoms with Crippen LogP contribution in [0.25, 0.3) is 0 Å². The Bertz CT molecular complexity index is 956. The predicted molar refractivity (Wildman–Crippen MR) is 112 cm³/mol. The molecule has 3 rings (SSSR count). The molecule has 0 saturated heterocycles. The SMILES string of the molecule is CC(C)N=CC(F)=C(N)S(N)(=O)=NC(=O)NC1=C2CCC(C)C2NC2=C1CCC2. The molecular formula is C19H29FN6O2S. The normalized spacial score (nSPS) is 26.8. The van der Waals surface area contributed by atoms with Gasteiger partial charge in [0.15, 0.2) is 20.8 Å². The number of hydrogen-bond donors (Lipinski definition) is 4. The van der Waals surface area contributed by atoms with E-state index in [0.29, 0.717) is 5.92 Å². The molecule has 8 nitrogen and oxygen atoms in total. The molecule has 0 aromatic carbocycles. The number of nitrogens with one attached hydrogen (secondary N) is 2. The van der Waals surface area contributed by atoms with Crippen LogP contribution in [-0.2, 0) is 9.92 Å². The zero-order chi connectivity index (χ0) is 21.3. The summed E-state index contributed by atoms with van der Waals surface area (Å²) in [5.41, 5.74) is 9.65. The van der Waals surface area contributed by atoms with Gasteiger partial charge in [-0.1, -0.05) is 6.92 Å². The highest BCUT2D eigenvalue weighted by atomic mass is 32.2. The van der Waals surface area contributed by atoms with Crippen LogP contribution in [0.2, 0.25) is 0 Å². The number of aliphatic imine (C=N–C) groups is 1. The zero-order valence-electron chi connectivity index (χ0n) is 17.0. The third kappa shape index (κ3) is 4.53. The Hall–Kier alpha value is -2.20. The van der Waals surface area contributed by atoms with E-state index in [2.05, 4.69) is 26.9 Å². The Kier molecular flexibility index (Phi) is 6.13. The van der Waals surface area contributed by atoms with Gasteiger partial charge in [-0.25, -0.2) is 18.5 Å². The lowest BCUT2D eigenvalue weighted by atomic mass is 9.94. The van der Waals surface area contributed by atoms with Crippen molar-refractivity contribution in [2.45, 2.75) is 65.0 Å². The second kappa shape index (κ2) is 8.27. The summed E-state index contributed by atoms with van der Waals surface area (Å²) in [6.45, 7) is 5.66. The molecular weight excluding hydrogens is 395 g/mol. The molecule has 2 amide bonds. The van der Waals surface area contributed by atoms with Crippen LogP contribution in [0, 0.1) is 5.92 Å². The summed E-state index contributed by atoms with van der Waals surface area (Å²) in [6.07, 6.45) is 5.53. The van der Waals surface area contributed by atoms with E-state index < -0.39 is 26.8 Å². The average molecular weight is 425 g/mol. The van der Waals surface area contributed by atoms with Gasteiger partial charge in [0.1, 0.15) is 0 Å². The van der Waals surface area contributed by atoms with Crippen LogP contribution in [0.4, 0.5) is 9.18 Å². The number of nitrogens with two attached hydrogens (primary N) is 2. The van der Waals surface area contributed by atoms with Gasteiger partial charge in [0.25, 0.3) is 0 Å². The molecule has 3 atom stereocenters. The molecule has 6 N–H and O–H groups in total. The van der Waals surface area contributed by atoms with Crippen molar-refractivity contribution in [3.63, 3.8) is 0 Å². The molecule has 29 heavy (non-hydrogen) atoms. The largest absolute Gasteiger partial charge is 0.387 e. The first-order chi connectivity index (χ1) is 13.6. The summed E-state index contributed by atoms with van der Waals surface area (Å²) >= 11 is 0. The van der Waals surface area contributed by atoms with Crippen molar-refractivity contribution in [2.75, 3.05) is 0 Å².